The molecule has 0 fully saturated rings. The summed E-state index contributed by atoms with van der Waals surface area (Å²) in [6.45, 7) is 9.69. The molecule has 2 heterocycles. The van der Waals surface area contributed by atoms with Crippen molar-refractivity contribution in [2.75, 3.05) is 42.6 Å². The predicted octanol–water partition coefficient (Wildman–Crippen LogP) is 5.45. The van der Waals surface area contributed by atoms with Gasteiger partial charge in [-0.1, -0.05) is 46.4 Å². The van der Waals surface area contributed by atoms with Gasteiger partial charge < -0.3 is 30.7 Å². The SMILES string of the molecule is CC(C)N(C[C@@H]1COC(N)=N1)c1ccc(Cl)c(Cl)c1.CCN(C[C@@H]1COC(N)=N1)c1ccc(Cl)c(Cl)c1. The fourth-order valence-corrected chi connectivity index (χ4v) is 4.50. The van der Waals surface area contributed by atoms with Gasteiger partial charge in [0, 0.05) is 37.1 Å². The highest BCUT2D eigenvalue weighted by molar-refractivity contribution is 6.42. The van der Waals surface area contributed by atoms with Gasteiger partial charge in [-0.05, 0) is 57.2 Å². The van der Waals surface area contributed by atoms with E-state index in [1.54, 1.807) is 12.1 Å². The maximum absolute atomic E-state index is 6.07. The molecule has 0 amide bonds. The van der Waals surface area contributed by atoms with Crippen LogP contribution in [-0.4, -0.2) is 63.0 Å². The molecule has 2 aromatic rings. The monoisotopic (exact) mass is 588 g/mol. The maximum atomic E-state index is 6.07. The van der Waals surface area contributed by atoms with E-state index in [4.69, 9.17) is 67.3 Å². The minimum Gasteiger partial charge on any atom is -0.463 e. The Morgan fingerprint density at radius 2 is 1.30 bits per heavy atom. The summed E-state index contributed by atoms with van der Waals surface area (Å²) < 4.78 is 10.3. The molecular formula is C25H32Cl4N6O2. The summed E-state index contributed by atoms with van der Waals surface area (Å²) in [5, 5.41) is 2.22. The lowest BCUT2D eigenvalue weighted by molar-refractivity contribution is 0.312. The summed E-state index contributed by atoms with van der Waals surface area (Å²) >= 11 is 23.9. The zero-order chi connectivity index (χ0) is 27.1. The molecule has 0 aromatic heterocycles. The zero-order valence-corrected chi connectivity index (χ0v) is 24.0. The summed E-state index contributed by atoms with van der Waals surface area (Å²) in [5.74, 6) is 0. The average molecular weight is 590 g/mol. The second-order valence-electron chi connectivity index (χ2n) is 8.85. The van der Waals surface area contributed by atoms with Crippen LogP contribution in [0.2, 0.25) is 20.1 Å². The molecule has 202 valence electrons. The topological polar surface area (TPSA) is 102 Å². The van der Waals surface area contributed by atoms with Gasteiger partial charge in [0.1, 0.15) is 25.3 Å². The van der Waals surface area contributed by atoms with Crippen LogP contribution in [0.5, 0.6) is 0 Å². The number of ether oxygens (including phenoxy) is 2. The van der Waals surface area contributed by atoms with E-state index >= 15 is 0 Å². The first-order chi connectivity index (χ1) is 17.6. The number of benzene rings is 2. The van der Waals surface area contributed by atoms with Crippen LogP contribution >= 0.6 is 46.4 Å². The molecule has 12 heteroatoms. The van der Waals surface area contributed by atoms with Crippen LogP contribution in [0.25, 0.3) is 0 Å². The van der Waals surface area contributed by atoms with E-state index in [2.05, 4.69) is 40.6 Å². The van der Waals surface area contributed by atoms with E-state index in [1.807, 2.05) is 24.3 Å². The third-order valence-corrected chi connectivity index (χ3v) is 7.29. The maximum Gasteiger partial charge on any atom is 0.282 e. The first-order valence-electron chi connectivity index (χ1n) is 11.9. The number of likely N-dealkylation sites (N-methyl/N-ethyl adjacent to an activating group) is 1. The van der Waals surface area contributed by atoms with E-state index in [9.17, 15) is 0 Å². The van der Waals surface area contributed by atoms with Crippen LogP contribution in [0.4, 0.5) is 11.4 Å². The second kappa shape index (κ2) is 13.5. The van der Waals surface area contributed by atoms with Crippen LogP contribution in [0.1, 0.15) is 20.8 Å². The third-order valence-electron chi connectivity index (χ3n) is 5.81. The van der Waals surface area contributed by atoms with Crippen molar-refractivity contribution in [1.82, 2.24) is 0 Å². The van der Waals surface area contributed by atoms with Gasteiger partial charge in [-0.25, -0.2) is 9.98 Å². The summed E-state index contributed by atoms with van der Waals surface area (Å²) in [5.41, 5.74) is 13.1. The number of nitrogens with zero attached hydrogens (tertiary/aromatic N) is 4. The second-order valence-corrected chi connectivity index (χ2v) is 10.5. The van der Waals surface area contributed by atoms with Gasteiger partial charge in [-0.2, -0.15) is 0 Å². The lowest BCUT2D eigenvalue weighted by atomic mass is 10.2. The summed E-state index contributed by atoms with van der Waals surface area (Å²) in [4.78, 5) is 12.8. The van der Waals surface area contributed by atoms with Crippen LogP contribution < -0.4 is 21.3 Å². The molecule has 8 nitrogen and oxygen atoms in total. The normalized spacial score (nSPS) is 18.4. The minimum absolute atomic E-state index is 0.0526. The molecule has 0 bridgehead atoms. The number of hydrogen-bond donors (Lipinski definition) is 2. The fraction of sp³-hybridized carbons (Fsp3) is 0.440. The van der Waals surface area contributed by atoms with E-state index < -0.39 is 0 Å². The number of nitrogens with two attached hydrogens (primary N) is 2. The number of halogens is 4. The fourth-order valence-electron chi connectivity index (χ4n) is 3.92. The molecule has 0 saturated heterocycles. The van der Waals surface area contributed by atoms with E-state index in [0.29, 0.717) is 39.3 Å². The summed E-state index contributed by atoms with van der Waals surface area (Å²) in [7, 11) is 0. The molecule has 0 radical (unpaired) electrons. The van der Waals surface area contributed by atoms with E-state index in [1.165, 1.54) is 0 Å². The van der Waals surface area contributed by atoms with Gasteiger partial charge in [0.15, 0.2) is 0 Å². The molecule has 37 heavy (non-hydrogen) atoms. The third kappa shape index (κ3) is 8.37. The quantitative estimate of drug-likeness (QED) is 0.424. The molecule has 2 aliphatic heterocycles. The number of aliphatic imine (C=N–C) groups is 2. The van der Waals surface area contributed by atoms with Gasteiger partial charge in [-0.15, -0.1) is 0 Å². The Morgan fingerprint density at radius 1 is 0.811 bits per heavy atom. The van der Waals surface area contributed by atoms with Gasteiger partial charge in [0.2, 0.25) is 0 Å². The van der Waals surface area contributed by atoms with Gasteiger partial charge in [-0.3, -0.25) is 0 Å². The highest BCUT2D eigenvalue weighted by Gasteiger charge is 2.22. The molecule has 0 spiro atoms. The first kappa shape index (κ1) is 29.3. The summed E-state index contributed by atoms with van der Waals surface area (Å²) in [6, 6.07) is 12.2. The lowest BCUT2D eigenvalue weighted by Crippen LogP contribution is -2.37. The Labute approximate surface area is 238 Å². The molecule has 2 aliphatic rings. The molecular weight excluding hydrogens is 558 g/mol. The molecule has 2 aromatic carbocycles. The Morgan fingerprint density at radius 3 is 1.73 bits per heavy atom. The predicted molar refractivity (Wildman–Crippen MR) is 156 cm³/mol. The van der Waals surface area contributed by atoms with Crippen molar-refractivity contribution < 1.29 is 9.47 Å². The largest absolute Gasteiger partial charge is 0.463 e. The van der Waals surface area contributed by atoms with Crippen molar-refractivity contribution >= 4 is 69.8 Å². The average Bonchev–Trinajstić information content (AvgIpc) is 3.47. The van der Waals surface area contributed by atoms with Crippen molar-refractivity contribution in [2.45, 2.75) is 38.9 Å². The highest BCUT2D eigenvalue weighted by Crippen LogP contribution is 2.29. The van der Waals surface area contributed by atoms with Gasteiger partial charge in [0.25, 0.3) is 12.0 Å². The lowest BCUT2D eigenvalue weighted by Gasteiger charge is -2.30. The van der Waals surface area contributed by atoms with Crippen LogP contribution in [0.15, 0.2) is 46.4 Å². The Bertz CT molecular complexity index is 1130. The van der Waals surface area contributed by atoms with E-state index in [-0.39, 0.29) is 24.1 Å². The number of rotatable bonds is 8. The first-order valence-corrected chi connectivity index (χ1v) is 13.4. The molecule has 4 rings (SSSR count). The molecule has 0 saturated carbocycles. The zero-order valence-electron chi connectivity index (χ0n) is 21.0. The van der Waals surface area contributed by atoms with Crippen molar-refractivity contribution in [3.63, 3.8) is 0 Å². The van der Waals surface area contributed by atoms with Crippen molar-refractivity contribution in [1.29, 1.82) is 0 Å². The minimum atomic E-state index is 0.0526. The van der Waals surface area contributed by atoms with Crippen LogP contribution in [-0.2, 0) is 9.47 Å². The van der Waals surface area contributed by atoms with E-state index in [0.717, 1.165) is 31.0 Å². The van der Waals surface area contributed by atoms with Gasteiger partial charge >= 0.3 is 0 Å². The Balaban J connectivity index is 0.000000206. The molecule has 2 atom stereocenters. The number of hydrogen-bond acceptors (Lipinski definition) is 8. The Kier molecular flexibility index (Phi) is 10.7. The van der Waals surface area contributed by atoms with Gasteiger partial charge in [0.05, 0.1) is 20.1 Å². The standard InChI is InChI=1S/C13H17Cl2N3O.C12H15Cl2N3O/c1-8(2)18(6-9-7-19-13(16)17-9)10-3-4-11(14)12(15)5-10;1-2-17(6-8-7-18-12(15)16-8)9-3-4-10(13)11(14)5-9/h3-5,8-9H,6-7H2,1-2H3,(H2,16,17);3-5,8H,2,6-7H2,1H3,(H2,15,16)/t9-;8-/m11/s1. The molecule has 0 unspecified atom stereocenters. The van der Waals surface area contributed by atoms with Crippen molar-refractivity contribution in [3.05, 3.63) is 56.5 Å². The number of anilines is 2. The van der Waals surface area contributed by atoms with Crippen LogP contribution in [0.3, 0.4) is 0 Å². The number of amidine groups is 2. The van der Waals surface area contributed by atoms with Crippen molar-refractivity contribution in [3.8, 4) is 0 Å². The smallest absolute Gasteiger partial charge is 0.282 e. The molecule has 4 N–H and O–H groups in total. The highest BCUT2D eigenvalue weighted by atomic mass is 35.5. The molecule has 0 aliphatic carbocycles. The van der Waals surface area contributed by atoms with Crippen molar-refractivity contribution in [2.24, 2.45) is 21.5 Å². The van der Waals surface area contributed by atoms with Crippen LogP contribution in [0, 0.1) is 0 Å². The summed E-state index contributed by atoms with van der Waals surface area (Å²) in [6.07, 6.45) is 0. The Hall–Kier alpha value is -2.26.